The molecular weight excluding hydrogens is 375 g/mol. The van der Waals surface area contributed by atoms with E-state index in [0.29, 0.717) is 29.6 Å². The molecule has 0 bridgehead atoms. The minimum absolute atomic E-state index is 0.0428. The first-order valence-electron chi connectivity index (χ1n) is 9.24. The standard InChI is InChI=1S/C22H19FN2O4/c1-29-21(27)16-11-15-9-5-6-10-17(15)19-18(23)20(26)25(22(28)24(19)13-16)12-14-7-3-2-4-8-14/h2-8,11H,9-10,12-13H2,1H3. The largest absolute Gasteiger partial charge is 0.466 e. The minimum Gasteiger partial charge on any atom is -0.466 e. The SMILES string of the molecule is COC(=O)C1=CC2=C(CC=CC2)c2c(F)c(=O)n(Cc3ccccc3)c(=O)n2C1. The molecule has 0 radical (unpaired) electrons. The van der Waals surface area contributed by atoms with Gasteiger partial charge in [0.25, 0.3) is 5.56 Å². The Balaban J connectivity index is 1.95. The second-order valence-corrected chi connectivity index (χ2v) is 6.95. The highest BCUT2D eigenvalue weighted by Crippen LogP contribution is 2.33. The quantitative estimate of drug-likeness (QED) is 0.592. The predicted molar refractivity (Wildman–Crippen MR) is 106 cm³/mol. The van der Waals surface area contributed by atoms with Crippen molar-refractivity contribution in [2.24, 2.45) is 0 Å². The fraction of sp³-hybridized carbons (Fsp3) is 0.227. The van der Waals surface area contributed by atoms with Crippen molar-refractivity contribution in [3.63, 3.8) is 0 Å². The number of rotatable bonds is 3. The van der Waals surface area contributed by atoms with Gasteiger partial charge < -0.3 is 4.74 Å². The van der Waals surface area contributed by atoms with E-state index in [4.69, 9.17) is 4.74 Å². The van der Waals surface area contributed by atoms with Gasteiger partial charge in [0.1, 0.15) is 0 Å². The molecule has 1 aliphatic carbocycles. The van der Waals surface area contributed by atoms with Crippen LogP contribution in [-0.4, -0.2) is 22.2 Å². The molecule has 148 valence electrons. The smallest absolute Gasteiger partial charge is 0.335 e. The van der Waals surface area contributed by atoms with Crippen molar-refractivity contribution in [3.8, 4) is 0 Å². The topological polar surface area (TPSA) is 70.3 Å². The second kappa shape index (κ2) is 7.50. The Morgan fingerprint density at radius 1 is 1.14 bits per heavy atom. The molecule has 0 atom stereocenters. The summed E-state index contributed by atoms with van der Waals surface area (Å²) >= 11 is 0. The van der Waals surface area contributed by atoms with Crippen LogP contribution in [0.5, 0.6) is 0 Å². The van der Waals surface area contributed by atoms with Crippen LogP contribution in [0.25, 0.3) is 5.57 Å². The number of fused-ring (bicyclic) bond motifs is 2. The van der Waals surface area contributed by atoms with Crippen molar-refractivity contribution in [2.45, 2.75) is 25.9 Å². The number of allylic oxidation sites excluding steroid dienone is 5. The zero-order valence-electron chi connectivity index (χ0n) is 15.9. The van der Waals surface area contributed by atoms with Crippen molar-refractivity contribution < 1.29 is 13.9 Å². The molecule has 6 nitrogen and oxygen atoms in total. The van der Waals surface area contributed by atoms with Crippen LogP contribution < -0.4 is 11.2 Å². The maximum Gasteiger partial charge on any atom is 0.335 e. The summed E-state index contributed by atoms with van der Waals surface area (Å²) in [4.78, 5) is 38.2. The fourth-order valence-electron chi connectivity index (χ4n) is 3.76. The van der Waals surface area contributed by atoms with Crippen LogP contribution >= 0.6 is 0 Å². The van der Waals surface area contributed by atoms with E-state index in [2.05, 4.69) is 0 Å². The third-order valence-corrected chi connectivity index (χ3v) is 5.18. The molecule has 0 spiro atoms. The number of ether oxygens (including phenoxy) is 1. The summed E-state index contributed by atoms with van der Waals surface area (Å²) in [5.41, 5.74) is 0.521. The molecular formula is C22H19FN2O4. The molecule has 0 fully saturated rings. The Kier molecular flexibility index (Phi) is 4.88. The highest BCUT2D eigenvalue weighted by molar-refractivity contribution is 5.90. The number of aromatic nitrogens is 2. The molecule has 2 aromatic rings. The van der Waals surface area contributed by atoms with Gasteiger partial charge in [-0.15, -0.1) is 0 Å². The van der Waals surface area contributed by atoms with Crippen molar-refractivity contribution in [1.29, 1.82) is 0 Å². The molecule has 0 unspecified atom stereocenters. The average Bonchev–Trinajstić information content (AvgIpc) is 2.93. The lowest BCUT2D eigenvalue weighted by Crippen LogP contribution is -2.44. The number of hydrogen-bond acceptors (Lipinski definition) is 4. The molecule has 4 rings (SSSR count). The van der Waals surface area contributed by atoms with Crippen LogP contribution in [0.4, 0.5) is 4.39 Å². The summed E-state index contributed by atoms with van der Waals surface area (Å²) in [6.07, 6.45) is 6.27. The summed E-state index contributed by atoms with van der Waals surface area (Å²) in [6.45, 7) is -0.224. The van der Waals surface area contributed by atoms with E-state index >= 15 is 4.39 Å². The van der Waals surface area contributed by atoms with E-state index < -0.39 is 23.0 Å². The first-order valence-corrected chi connectivity index (χ1v) is 9.24. The minimum atomic E-state index is -0.983. The molecule has 0 saturated carbocycles. The Morgan fingerprint density at radius 2 is 1.86 bits per heavy atom. The maximum atomic E-state index is 15.3. The Labute approximate surface area is 165 Å². The molecule has 0 amide bonds. The number of benzene rings is 1. The van der Waals surface area contributed by atoms with Crippen LogP contribution in [0.3, 0.4) is 0 Å². The summed E-state index contributed by atoms with van der Waals surface area (Å²) in [6, 6.07) is 8.89. The van der Waals surface area contributed by atoms with Gasteiger partial charge in [-0.1, -0.05) is 42.5 Å². The van der Waals surface area contributed by atoms with Gasteiger partial charge in [0.05, 0.1) is 31.5 Å². The normalized spacial score (nSPS) is 15.3. The summed E-state index contributed by atoms with van der Waals surface area (Å²) in [5, 5.41) is 0. The number of methoxy groups -OCH3 is 1. The molecule has 2 aliphatic rings. The lowest BCUT2D eigenvalue weighted by atomic mass is 9.93. The molecule has 0 N–H and O–H groups in total. The number of hydrogen-bond donors (Lipinski definition) is 0. The third-order valence-electron chi connectivity index (χ3n) is 5.18. The molecule has 7 heteroatoms. The van der Waals surface area contributed by atoms with Gasteiger partial charge >= 0.3 is 11.7 Å². The number of nitrogens with zero attached hydrogens (tertiary/aromatic N) is 2. The fourth-order valence-corrected chi connectivity index (χ4v) is 3.76. The van der Waals surface area contributed by atoms with Gasteiger partial charge in [0.15, 0.2) is 0 Å². The molecule has 2 heterocycles. The van der Waals surface area contributed by atoms with Crippen LogP contribution in [0, 0.1) is 5.82 Å². The monoisotopic (exact) mass is 394 g/mol. The van der Waals surface area contributed by atoms with E-state index in [9.17, 15) is 14.4 Å². The van der Waals surface area contributed by atoms with E-state index in [1.165, 1.54) is 11.7 Å². The van der Waals surface area contributed by atoms with Crippen LogP contribution in [0.1, 0.15) is 24.1 Å². The van der Waals surface area contributed by atoms with Crippen LogP contribution in [-0.2, 0) is 22.6 Å². The average molecular weight is 394 g/mol. The highest BCUT2D eigenvalue weighted by atomic mass is 19.1. The van der Waals surface area contributed by atoms with Crippen LogP contribution in [0.15, 0.2) is 69.3 Å². The van der Waals surface area contributed by atoms with Gasteiger partial charge in [-0.3, -0.25) is 13.9 Å². The number of carbonyl (C=O) groups is 1. The Hall–Kier alpha value is -3.48. The Morgan fingerprint density at radius 3 is 2.59 bits per heavy atom. The molecule has 0 saturated heterocycles. The third kappa shape index (κ3) is 3.29. The number of carbonyl (C=O) groups excluding carboxylic acids is 1. The van der Waals surface area contributed by atoms with Crippen molar-refractivity contribution in [2.75, 3.05) is 7.11 Å². The Bertz CT molecular complexity index is 1200. The highest BCUT2D eigenvalue weighted by Gasteiger charge is 2.28. The number of esters is 1. The maximum absolute atomic E-state index is 15.3. The zero-order chi connectivity index (χ0) is 20.5. The first-order chi connectivity index (χ1) is 14.0. The van der Waals surface area contributed by atoms with Crippen molar-refractivity contribution >= 4 is 11.5 Å². The molecule has 1 aromatic heterocycles. The van der Waals surface area contributed by atoms with Crippen LogP contribution in [0.2, 0.25) is 0 Å². The predicted octanol–water partition coefficient (Wildman–Crippen LogP) is 2.41. The van der Waals surface area contributed by atoms with E-state index in [1.807, 2.05) is 18.2 Å². The van der Waals surface area contributed by atoms with Crippen molar-refractivity contribution in [1.82, 2.24) is 9.13 Å². The second-order valence-electron chi connectivity index (χ2n) is 6.95. The lowest BCUT2D eigenvalue weighted by molar-refractivity contribution is -0.136. The zero-order valence-corrected chi connectivity index (χ0v) is 15.9. The van der Waals surface area contributed by atoms with E-state index in [1.54, 1.807) is 30.3 Å². The number of halogens is 1. The molecule has 1 aromatic carbocycles. The van der Waals surface area contributed by atoms with E-state index in [0.717, 1.165) is 4.57 Å². The van der Waals surface area contributed by atoms with Gasteiger partial charge in [-0.05, 0) is 35.6 Å². The summed E-state index contributed by atoms with van der Waals surface area (Å²) < 4.78 is 22.2. The van der Waals surface area contributed by atoms with Gasteiger partial charge in [0, 0.05) is 0 Å². The molecule has 1 aliphatic heterocycles. The van der Waals surface area contributed by atoms with Crippen molar-refractivity contribution in [3.05, 3.63) is 97.6 Å². The lowest BCUT2D eigenvalue weighted by Gasteiger charge is -2.19. The van der Waals surface area contributed by atoms with E-state index in [-0.39, 0.29) is 24.4 Å². The first kappa shape index (κ1) is 18.9. The summed E-state index contributed by atoms with van der Waals surface area (Å²) in [5.74, 6) is -1.57. The van der Waals surface area contributed by atoms with Gasteiger partial charge in [-0.2, -0.15) is 4.39 Å². The molecule has 29 heavy (non-hydrogen) atoms. The van der Waals surface area contributed by atoms with Gasteiger partial charge in [-0.25, -0.2) is 9.59 Å². The summed E-state index contributed by atoms with van der Waals surface area (Å²) in [7, 11) is 1.25. The van der Waals surface area contributed by atoms with Gasteiger partial charge in [0.2, 0.25) is 5.82 Å².